The van der Waals surface area contributed by atoms with Crippen LogP contribution in [0.2, 0.25) is 0 Å². The summed E-state index contributed by atoms with van der Waals surface area (Å²) in [4.78, 5) is 17.3. The third-order valence-corrected chi connectivity index (χ3v) is 3.12. The maximum atomic E-state index is 11.0. The van der Waals surface area contributed by atoms with Gasteiger partial charge in [-0.05, 0) is 12.5 Å². The maximum absolute atomic E-state index is 11.0. The molecular formula is C10H15N7O5. The van der Waals surface area contributed by atoms with Crippen LogP contribution < -0.4 is 5.73 Å². The van der Waals surface area contributed by atoms with Gasteiger partial charge in [-0.2, -0.15) is 0 Å². The molecule has 4 atom stereocenters. The molecule has 1 fully saturated rings. The highest BCUT2D eigenvalue weighted by atomic mass is 16.6. The number of aromatic nitrogens is 3. The number of hydrogen-bond donors (Lipinski definition) is 3. The van der Waals surface area contributed by atoms with Gasteiger partial charge in [-0.25, -0.2) is 9.67 Å². The van der Waals surface area contributed by atoms with Crippen molar-refractivity contribution in [2.24, 2.45) is 10.8 Å². The van der Waals surface area contributed by atoms with Gasteiger partial charge in [0.2, 0.25) is 11.5 Å². The molecule has 1 aliphatic rings. The van der Waals surface area contributed by atoms with E-state index in [4.69, 9.17) is 20.7 Å². The molecule has 2 heterocycles. The number of azide groups is 1. The Bertz CT molecular complexity index is 600. The van der Waals surface area contributed by atoms with Gasteiger partial charge in [0.1, 0.15) is 18.5 Å². The molecule has 1 aromatic heterocycles. The summed E-state index contributed by atoms with van der Waals surface area (Å²) < 4.78 is 11.6. The Balaban J connectivity index is 2.30. The Kier molecular flexibility index (Phi) is 4.59. The van der Waals surface area contributed by atoms with Crippen LogP contribution in [0.4, 0.5) is 0 Å². The molecule has 1 saturated heterocycles. The number of nitrogens with zero attached hydrogens (tertiary/aromatic N) is 6. The lowest BCUT2D eigenvalue weighted by Crippen LogP contribution is -2.45. The second-order valence-electron chi connectivity index (χ2n) is 4.53. The number of nitrogens with two attached hydrogens (primary N) is 1. The van der Waals surface area contributed by atoms with Gasteiger partial charge >= 0.3 is 0 Å². The Morgan fingerprint density at radius 3 is 3.00 bits per heavy atom. The fourth-order valence-corrected chi connectivity index (χ4v) is 2.05. The lowest BCUT2D eigenvalue weighted by molar-refractivity contribution is -0.138. The van der Waals surface area contributed by atoms with Crippen LogP contribution >= 0.6 is 0 Å². The first kappa shape index (κ1) is 16.1. The number of carbonyl (C=O) groups is 1. The summed E-state index contributed by atoms with van der Waals surface area (Å²) in [6.07, 6.45) is -3.15. The molecule has 0 aliphatic carbocycles. The summed E-state index contributed by atoms with van der Waals surface area (Å²) in [5.41, 5.74) is 11.9. The minimum atomic E-state index is -1.81. The van der Waals surface area contributed by atoms with Crippen LogP contribution in [0.15, 0.2) is 11.4 Å². The average molecular weight is 313 g/mol. The molecule has 0 bridgehead atoms. The zero-order valence-electron chi connectivity index (χ0n) is 11.6. The van der Waals surface area contributed by atoms with E-state index in [0.29, 0.717) is 0 Å². The van der Waals surface area contributed by atoms with Crippen LogP contribution in [0.1, 0.15) is 23.8 Å². The molecule has 22 heavy (non-hydrogen) atoms. The number of carbonyl (C=O) groups excluding carboxylic acids is 1. The standard InChI is InChI=1S/C10H15N7O5/c1-2-21-3-10(15-16-12)6(19)5(18)9(22-10)17-4-13-8(14-17)7(11)20/h4-6,9,18-19H,2-3H2,1H3,(H2,11,20)/t5-,6+,9-,10-/m1/s1. The van der Waals surface area contributed by atoms with E-state index in [-0.39, 0.29) is 19.0 Å². The SMILES string of the molecule is CCOC[C@@]1(N=[N+]=[N-])O[C@@H](n2cnc(C(N)=O)n2)[C@H](O)[C@@H]1O. The highest BCUT2D eigenvalue weighted by Crippen LogP contribution is 2.38. The Morgan fingerprint density at radius 2 is 2.45 bits per heavy atom. The first-order valence-electron chi connectivity index (χ1n) is 6.34. The maximum Gasteiger partial charge on any atom is 0.288 e. The van der Waals surface area contributed by atoms with Crippen LogP contribution in [0.5, 0.6) is 0 Å². The normalized spacial score (nSPS) is 31.0. The van der Waals surface area contributed by atoms with E-state index in [2.05, 4.69) is 20.1 Å². The molecule has 1 aromatic rings. The fraction of sp³-hybridized carbons (Fsp3) is 0.700. The van der Waals surface area contributed by atoms with Gasteiger partial charge in [0.25, 0.3) is 5.91 Å². The Labute approximate surface area is 124 Å². The molecule has 12 heteroatoms. The van der Waals surface area contributed by atoms with Crippen molar-refractivity contribution in [2.75, 3.05) is 13.2 Å². The smallest absolute Gasteiger partial charge is 0.288 e. The summed E-state index contributed by atoms with van der Waals surface area (Å²) in [5.74, 6) is -1.14. The van der Waals surface area contributed by atoms with Crippen LogP contribution in [-0.2, 0) is 9.47 Å². The molecule has 1 aliphatic heterocycles. The van der Waals surface area contributed by atoms with E-state index in [1.54, 1.807) is 6.92 Å². The second kappa shape index (κ2) is 6.25. The van der Waals surface area contributed by atoms with E-state index >= 15 is 0 Å². The third kappa shape index (κ3) is 2.73. The van der Waals surface area contributed by atoms with Crippen LogP contribution in [0.25, 0.3) is 10.4 Å². The van der Waals surface area contributed by atoms with Crippen molar-refractivity contribution in [1.29, 1.82) is 0 Å². The monoisotopic (exact) mass is 313 g/mol. The number of aliphatic hydroxyl groups excluding tert-OH is 2. The van der Waals surface area contributed by atoms with E-state index in [0.717, 1.165) is 11.0 Å². The van der Waals surface area contributed by atoms with Crippen molar-refractivity contribution in [1.82, 2.24) is 14.8 Å². The highest BCUT2D eigenvalue weighted by Gasteiger charge is 2.55. The van der Waals surface area contributed by atoms with E-state index in [9.17, 15) is 15.0 Å². The average Bonchev–Trinajstić information content (AvgIpc) is 3.06. The van der Waals surface area contributed by atoms with Gasteiger partial charge in [0.05, 0.1) is 6.61 Å². The minimum absolute atomic E-state index is 0.264. The summed E-state index contributed by atoms with van der Waals surface area (Å²) in [6.45, 7) is 1.73. The van der Waals surface area contributed by atoms with Gasteiger partial charge in [-0.1, -0.05) is 5.11 Å². The van der Waals surface area contributed by atoms with E-state index in [1.807, 2.05) is 0 Å². The van der Waals surface area contributed by atoms with E-state index in [1.165, 1.54) is 0 Å². The highest BCUT2D eigenvalue weighted by molar-refractivity contribution is 5.88. The van der Waals surface area contributed by atoms with Gasteiger partial charge in [0.15, 0.2) is 6.23 Å². The van der Waals surface area contributed by atoms with Crippen molar-refractivity contribution in [3.8, 4) is 0 Å². The number of amides is 1. The quantitative estimate of drug-likeness (QED) is 0.330. The zero-order chi connectivity index (χ0) is 16.3. The largest absolute Gasteiger partial charge is 0.387 e. The molecular weight excluding hydrogens is 298 g/mol. The van der Waals surface area contributed by atoms with Crippen LogP contribution in [-0.4, -0.2) is 62.0 Å². The number of ether oxygens (including phenoxy) is 2. The van der Waals surface area contributed by atoms with Crippen LogP contribution in [0, 0.1) is 0 Å². The molecule has 12 nitrogen and oxygen atoms in total. The molecule has 4 N–H and O–H groups in total. The molecule has 120 valence electrons. The van der Waals surface area contributed by atoms with Gasteiger partial charge < -0.3 is 25.4 Å². The van der Waals surface area contributed by atoms with Gasteiger partial charge in [0, 0.05) is 11.5 Å². The third-order valence-electron chi connectivity index (χ3n) is 3.12. The number of rotatable bonds is 6. The lowest BCUT2D eigenvalue weighted by Gasteiger charge is -2.25. The molecule has 0 unspecified atom stereocenters. The predicted octanol–water partition coefficient (Wildman–Crippen LogP) is -1.33. The Hall–Kier alpha value is -2.24. The number of hydrogen-bond acceptors (Lipinski definition) is 8. The Morgan fingerprint density at radius 1 is 1.73 bits per heavy atom. The van der Waals surface area contributed by atoms with Gasteiger partial charge in [-0.3, -0.25) is 4.79 Å². The van der Waals surface area contributed by atoms with Crippen LogP contribution in [0.3, 0.4) is 0 Å². The van der Waals surface area contributed by atoms with Crippen molar-refractivity contribution < 1.29 is 24.5 Å². The number of aliphatic hydroxyl groups is 2. The predicted molar refractivity (Wildman–Crippen MR) is 69.0 cm³/mol. The summed E-state index contributed by atoms with van der Waals surface area (Å²) in [7, 11) is 0. The molecule has 0 aromatic carbocycles. The molecule has 2 rings (SSSR count). The molecule has 0 spiro atoms. The fourth-order valence-electron chi connectivity index (χ4n) is 2.05. The first-order valence-corrected chi connectivity index (χ1v) is 6.34. The van der Waals surface area contributed by atoms with Crippen molar-refractivity contribution >= 4 is 5.91 Å². The first-order chi connectivity index (χ1) is 10.4. The zero-order valence-corrected chi connectivity index (χ0v) is 11.6. The lowest BCUT2D eigenvalue weighted by atomic mass is 10.1. The summed E-state index contributed by atoms with van der Waals surface area (Å²) in [6, 6.07) is 0. The summed E-state index contributed by atoms with van der Waals surface area (Å²) in [5, 5.41) is 27.4. The minimum Gasteiger partial charge on any atom is -0.387 e. The molecule has 1 amide bonds. The van der Waals surface area contributed by atoms with Crippen molar-refractivity contribution in [3.63, 3.8) is 0 Å². The van der Waals surface area contributed by atoms with Crippen molar-refractivity contribution in [2.45, 2.75) is 31.1 Å². The second-order valence-corrected chi connectivity index (χ2v) is 4.53. The van der Waals surface area contributed by atoms with Crippen molar-refractivity contribution in [3.05, 3.63) is 22.6 Å². The van der Waals surface area contributed by atoms with Gasteiger partial charge in [-0.15, -0.1) is 5.10 Å². The topological polar surface area (TPSA) is 181 Å². The summed E-state index contributed by atoms with van der Waals surface area (Å²) >= 11 is 0. The number of primary amides is 1. The molecule has 0 saturated carbocycles. The van der Waals surface area contributed by atoms with E-state index < -0.39 is 30.1 Å². The molecule has 0 radical (unpaired) electrons.